The summed E-state index contributed by atoms with van der Waals surface area (Å²) in [4.78, 5) is 0. The van der Waals surface area contributed by atoms with Crippen LogP contribution in [0.25, 0.3) is 69.9 Å². The van der Waals surface area contributed by atoms with E-state index in [1.807, 2.05) is 182 Å². The van der Waals surface area contributed by atoms with Crippen LogP contribution in [0.15, 0.2) is 341 Å². The van der Waals surface area contributed by atoms with Gasteiger partial charge in [0.2, 0.25) is 0 Å². The lowest BCUT2D eigenvalue weighted by atomic mass is 10.0. The van der Waals surface area contributed by atoms with Gasteiger partial charge in [-0.15, -0.1) is 0 Å². The zero-order valence-corrected chi connectivity index (χ0v) is 60.1. The normalized spacial score (nSPS) is 16.4. The Morgan fingerprint density at radius 2 is 0.324 bits per heavy atom. The summed E-state index contributed by atoms with van der Waals surface area (Å²) in [6.45, 7) is 0. The molecule has 1 aliphatic rings. The first-order valence-corrected chi connectivity index (χ1v) is 38.3. The molecule has 0 amide bonds. The molecule has 12 aromatic rings. The zero-order valence-electron chi connectivity index (χ0n) is 57.5. The van der Waals surface area contributed by atoms with E-state index in [9.17, 15) is 31.6 Å². The summed E-state index contributed by atoms with van der Waals surface area (Å²) in [6.07, 6.45) is 10.7. The number of hydrogen-bond acceptors (Lipinski definition) is 15. The third-order valence-corrected chi connectivity index (χ3v) is 24.5. The Hall–Kier alpha value is -14.5. The number of nitrogens with zero attached hydrogens (tertiary/aromatic N) is 9. The van der Waals surface area contributed by atoms with E-state index in [0.29, 0.717) is 66.8 Å². The maximum Gasteiger partial charge on any atom is 0.460 e. The minimum atomic E-state index is -4.71. The Labute approximate surface area is 626 Å². The monoisotopic (exact) mass is 1460 g/mol. The van der Waals surface area contributed by atoms with Crippen LogP contribution in [0.4, 0.5) is 0 Å². The number of rotatable bonds is 24. The van der Waals surface area contributed by atoms with Crippen LogP contribution in [0, 0.1) is 68.0 Å². The van der Waals surface area contributed by atoms with Crippen LogP contribution in [0.5, 0.6) is 34.5 Å². The standard InChI is InChI=1S/C90H60N9O6P3/c91-61-79(55-67-19-7-1-8-20-67)73-31-43-85(44-32-73)100-106(101-86-45-33-74(34-46-86)80(62-92)56-68-21-9-2-10-22-68)97-107(102-87-47-35-75(36-48-87)81(63-93)57-69-23-11-3-12-24-69,103-88-49-37-76(38-50-88)82(64-94)58-70-25-13-4-14-26-70)99-108(98-106,104-89-51-39-77(40-52-89)83(65-95)59-71-27-15-5-16-28-71)105-90-53-41-78(42-54-90)84(66-96)60-72-29-17-6-18-30-72/h1-60H/b79-55-,80-56+,81-57-,82-58+,83-59-,84-60+. The molecule has 13 rings (SSSR count). The van der Waals surface area contributed by atoms with E-state index in [4.69, 9.17) is 40.7 Å². The second-order valence-corrected chi connectivity index (χ2v) is 30.1. The molecule has 12 aromatic carbocycles. The molecular weight excluding hydrogens is 1400 g/mol. The first-order valence-electron chi connectivity index (χ1n) is 33.7. The molecule has 0 aliphatic carbocycles. The smallest absolute Gasteiger partial charge is 0.413 e. The van der Waals surface area contributed by atoms with Crippen LogP contribution in [0.3, 0.4) is 0 Å². The molecular formula is C90H60N9O6P3. The molecule has 0 unspecified atom stereocenters. The first-order chi connectivity index (χ1) is 53.0. The quantitative estimate of drug-likeness (QED) is 0.0312. The molecule has 0 saturated carbocycles. The van der Waals surface area contributed by atoms with Crippen LogP contribution in [-0.2, 0) is 0 Å². The highest BCUT2D eigenvalue weighted by Crippen LogP contribution is 2.79. The van der Waals surface area contributed by atoms with Crippen LogP contribution in [-0.4, -0.2) is 0 Å². The van der Waals surface area contributed by atoms with Crippen molar-refractivity contribution in [3.05, 3.63) is 394 Å². The summed E-state index contributed by atoms with van der Waals surface area (Å²) < 4.78 is 60.7. The average Bonchev–Trinajstić information content (AvgIpc) is 0.728. The van der Waals surface area contributed by atoms with Gasteiger partial charge in [-0.05, 0) is 249 Å². The molecule has 15 nitrogen and oxygen atoms in total. The van der Waals surface area contributed by atoms with Gasteiger partial charge in [0.25, 0.3) is 0 Å². The molecule has 0 aromatic heterocycles. The van der Waals surface area contributed by atoms with E-state index < -0.39 is 23.0 Å². The third kappa shape index (κ3) is 18.5. The fourth-order valence-corrected chi connectivity index (χ4v) is 20.2. The van der Waals surface area contributed by atoms with Crippen molar-refractivity contribution in [1.29, 1.82) is 31.6 Å². The largest absolute Gasteiger partial charge is 0.460 e. The Morgan fingerprint density at radius 3 is 0.444 bits per heavy atom. The molecule has 0 saturated heterocycles. The van der Waals surface area contributed by atoms with Gasteiger partial charge < -0.3 is 27.1 Å². The van der Waals surface area contributed by atoms with Crippen molar-refractivity contribution >= 4 is 92.9 Å². The Balaban J connectivity index is 1.07. The highest BCUT2D eigenvalue weighted by atomic mass is 31.3. The Kier molecular flexibility index (Phi) is 22.8. The topological polar surface area (TPSA) is 235 Å². The van der Waals surface area contributed by atoms with Gasteiger partial charge in [-0.3, -0.25) is 0 Å². The summed E-state index contributed by atoms with van der Waals surface area (Å²) >= 11 is 0. The average molecular weight is 1460 g/mol. The molecule has 1 heterocycles. The lowest BCUT2D eigenvalue weighted by Gasteiger charge is -2.33. The van der Waals surface area contributed by atoms with Crippen molar-refractivity contribution in [3.8, 4) is 70.9 Å². The van der Waals surface area contributed by atoms with Crippen LogP contribution >= 0.6 is 23.0 Å². The predicted molar refractivity (Wildman–Crippen MR) is 430 cm³/mol. The molecule has 0 spiro atoms. The minimum Gasteiger partial charge on any atom is -0.413 e. The van der Waals surface area contributed by atoms with Crippen LogP contribution in [0.1, 0.15) is 66.8 Å². The number of nitriles is 6. The van der Waals surface area contributed by atoms with Gasteiger partial charge >= 0.3 is 23.0 Å². The second kappa shape index (κ2) is 34.2. The fraction of sp³-hybridized carbons (Fsp3) is 0. The van der Waals surface area contributed by atoms with E-state index in [1.54, 1.807) is 182 Å². The predicted octanol–water partition coefficient (Wildman–Crippen LogP) is 24.7. The van der Waals surface area contributed by atoms with E-state index in [2.05, 4.69) is 36.4 Å². The minimum absolute atomic E-state index is 0.137. The molecule has 0 N–H and O–H groups in total. The second-order valence-electron chi connectivity index (χ2n) is 23.9. The number of benzene rings is 12. The first kappa shape index (κ1) is 71.9. The molecule has 108 heavy (non-hydrogen) atoms. The van der Waals surface area contributed by atoms with Crippen LogP contribution < -0.4 is 27.1 Å². The van der Waals surface area contributed by atoms with Crippen molar-refractivity contribution in [1.82, 2.24) is 0 Å². The van der Waals surface area contributed by atoms with Gasteiger partial charge in [0.15, 0.2) is 0 Å². The summed E-state index contributed by atoms with van der Waals surface area (Å²) in [5.74, 6) is 0.823. The fourth-order valence-electron chi connectivity index (χ4n) is 11.1. The molecule has 516 valence electrons. The van der Waals surface area contributed by atoms with Crippen molar-refractivity contribution in [2.75, 3.05) is 0 Å². The van der Waals surface area contributed by atoms with Gasteiger partial charge in [0.05, 0.1) is 69.9 Å². The molecule has 1 aliphatic heterocycles. The zero-order chi connectivity index (χ0) is 74.4. The van der Waals surface area contributed by atoms with E-state index in [1.165, 1.54) is 0 Å². The van der Waals surface area contributed by atoms with Gasteiger partial charge in [-0.25, -0.2) is 0 Å². The molecule has 0 radical (unpaired) electrons. The Morgan fingerprint density at radius 1 is 0.194 bits per heavy atom. The van der Waals surface area contributed by atoms with E-state index in [0.717, 1.165) is 33.4 Å². The van der Waals surface area contributed by atoms with Crippen LogP contribution in [0.2, 0.25) is 0 Å². The Bertz CT molecular complexity index is 4950. The SMILES string of the molecule is N#C/C(=C\c1ccccc1)c1ccc(OP2(Oc3ccc(/C(C#N)=C\c4ccccc4)cc3)=NP(Oc3ccc(/C(C#N)=C/c4ccccc4)cc3)(Oc3ccc(/C(C#N)=C\c4ccccc4)cc3)=NP(Oc3ccc(/C(C#N)=C/c4ccccc4)cc3)(Oc3ccc(/C(C#N)=C\c4ccccc4)cc3)=N2)cc1. The molecule has 0 fully saturated rings. The lowest BCUT2D eigenvalue weighted by molar-refractivity contribution is 0.443. The third-order valence-electron chi connectivity index (χ3n) is 16.4. The highest BCUT2D eigenvalue weighted by Gasteiger charge is 2.49. The number of hydrogen-bond donors (Lipinski definition) is 0. The molecule has 18 heteroatoms. The van der Waals surface area contributed by atoms with Crippen molar-refractivity contribution in [2.45, 2.75) is 0 Å². The molecule has 0 atom stereocenters. The van der Waals surface area contributed by atoms with Crippen molar-refractivity contribution in [2.24, 2.45) is 13.5 Å². The van der Waals surface area contributed by atoms with Gasteiger partial charge in [0, 0.05) is 0 Å². The van der Waals surface area contributed by atoms with E-state index in [-0.39, 0.29) is 34.5 Å². The summed E-state index contributed by atoms with van der Waals surface area (Å²) in [5, 5.41) is 63.8. The number of allylic oxidation sites excluding steroid dienone is 6. The maximum atomic E-state index is 10.6. The molecule has 0 bridgehead atoms. The summed E-state index contributed by atoms with van der Waals surface area (Å²) in [6, 6.07) is 111. The maximum absolute atomic E-state index is 10.6. The van der Waals surface area contributed by atoms with Crippen molar-refractivity contribution in [3.63, 3.8) is 0 Å². The van der Waals surface area contributed by atoms with Gasteiger partial charge in [-0.1, -0.05) is 196 Å². The van der Waals surface area contributed by atoms with E-state index >= 15 is 0 Å². The summed E-state index contributed by atoms with van der Waals surface area (Å²) in [7, 11) is -14.1. The highest BCUT2D eigenvalue weighted by molar-refractivity contribution is 7.79. The summed E-state index contributed by atoms with van der Waals surface area (Å²) in [5.41, 5.74) is 10.3. The van der Waals surface area contributed by atoms with Gasteiger partial charge in [0.1, 0.15) is 34.5 Å². The van der Waals surface area contributed by atoms with Gasteiger partial charge in [-0.2, -0.15) is 31.6 Å². The lowest BCUT2D eigenvalue weighted by Crippen LogP contribution is -2.11. The van der Waals surface area contributed by atoms with Crippen molar-refractivity contribution < 1.29 is 27.1 Å².